The minimum absolute atomic E-state index is 0.296. The SMILES string of the molecule is Nc1ccccc1NC(=O)c1ccc(CNc2cccc(C(F)(F)F)c2)cc1. The normalized spacial score (nSPS) is 11.1. The Morgan fingerprint density at radius 3 is 2.32 bits per heavy atom. The zero-order valence-electron chi connectivity index (χ0n) is 14.8. The van der Waals surface area contributed by atoms with E-state index in [1.807, 2.05) is 0 Å². The van der Waals surface area contributed by atoms with E-state index in [0.717, 1.165) is 17.7 Å². The lowest BCUT2D eigenvalue weighted by atomic mass is 10.1. The molecular formula is C21H18F3N3O. The molecule has 0 aliphatic rings. The van der Waals surface area contributed by atoms with E-state index in [2.05, 4.69) is 10.6 Å². The Labute approximate surface area is 160 Å². The molecule has 0 atom stereocenters. The van der Waals surface area contributed by atoms with Crippen LogP contribution < -0.4 is 16.4 Å². The quantitative estimate of drug-likeness (QED) is 0.532. The summed E-state index contributed by atoms with van der Waals surface area (Å²) in [6.07, 6.45) is -4.38. The lowest BCUT2D eigenvalue weighted by molar-refractivity contribution is -0.137. The summed E-state index contributed by atoms with van der Waals surface area (Å²) >= 11 is 0. The van der Waals surface area contributed by atoms with E-state index >= 15 is 0 Å². The number of halogens is 3. The second-order valence-electron chi connectivity index (χ2n) is 6.17. The molecule has 0 heterocycles. The zero-order chi connectivity index (χ0) is 20.1. The Hall–Kier alpha value is -3.48. The zero-order valence-corrected chi connectivity index (χ0v) is 14.8. The molecule has 0 unspecified atom stereocenters. The van der Waals surface area contributed by atoms with E-state index in [-0.39, 0.29) is 5.91 Å². The summed E-state index contributed by atoms with van der Waals surface area (Å²) in [5.41, 5.74) is 7.76. The summed E-state index contributed by atoms with van der Waals surface area (Å²) in [6, 6.07) is 18.7. The van der Waals surface area contributed by atoms with Crippen LogP contribution in [0.5, 0.6) is 0 Å². The summed E-state index contributed by atoms with van der Waals surface area (Å²) in [7, 11) is 0. The molecule has 0 fully saturated rings. The van der Waals surface area contributed by atoms with Gasteiger partial charge in [0.1, 0.15) is 0 Å². The second kappa shape index (κ2) is 8.04. The summed E-state index contributed by atoms with van der Waals surface area (Å²) in [4.78, 5) is 12.3. The van der Waals surface area contributed by atoms with Gasteiger partial charge in [0, 0.05) is 17.8 Å². The molecule has 0 saturated carbocycles. The van der Waals surface area contributed by atoms with Crippen molar-refractivity contribution in [2.75, 3.05) is 16.4 Å². The standard InChI is InChI=1S/C21H18F3N3O/c22-21(23,24)16-4-3-5-17(12-16)26-13-14-8-10-15(11-9-14)20(28)27-19-7-2-1-6-18(19)25/h1-12,26H,13,25H2,(H,27,28). The van der Waals surface area contributed by atoms with Crippen LogP contribution in [0.15, 0.2) is 72.8 Å². The Morgan fingerprint density at radius 2 is 1.64 bits per heavy atom. The van der Waals surface area contributed by atoms with Gasteiger partial charge in [-0.25, -0.2) is 0 Å². The van der Waals surface area contributed by atoms with E-state index in [9.17, 15) is 18.0 Å². The van der Waals surface area contributed by atoms with Gasteiger partial charge in [0.05, 0.1) is 16.9 Å². The minimum atomic E-state index is -4.38. The van der Waals surface area contributed by atoms with Crippen LogP contribution in [-0.2, 0) is 12.7 Å². The average molecular weight is 385 g/mol. The highest BCUT2D eigenvalue weighted by molar-refractivity contribution is 6.05. The topological polar surface area (TPSA) is 67.1 Å². The predicted octanol–water partition coefficient (Wildman–Crippen LogP) is 5.15. The molecule has 4 nitrogen and oxygen atoms in total. The van der Waals surface area contributed by atoms with Crippen molar-refractivity contribution in [2.45, 2.75) is 12.7 Å². The number of nitrogens with two attached hydrogens (primary N) is 1. The van der Waals surface area contributed by atoms with Gasteiger partial charge in [-0.1, -0.05) is 30.3 Å². The summed E-state index contributed by atoms with van der Waals surface area (Å²) in [5, 5.41) is 5.69. The van der Waals surface area contributed by atoms with Crippen molar-refractivity contribution in [1.82, 2.24) is 0 Å². The van der Waals surface area contributed by atoms with Crippen LogP contribution >= 0.6 is 0 Å². The van der Waals surface area contributed by atoms with E-state index in [1.54, 1.807) is 54.6 Å². The number of amides is 1. The maximum absolute atomic E-state index is 12.8. The number of alkyl halides is 3. The number of carbonyl (C=O) groups excluding carboxylic acids is 1. The Bertz CT molecular complexity index is 969. The minimum Gasteiger partial charge on any atom is -0.397 e. The highest BCUT2D eigenvalue weighted by atomic mass is 19.4. The van der Waals surface area contributed by atoms with Gasteiger partial charge in [0.2, 0.25) is 0 Å². The first-order valence-corrected chi connectivity index (χ1v) is 8.49. The number of hydrogen-bond donors (Lipinski definition) is 3. The van der Waals surface area contributed by atoms with Gasteiger partial charge in [-0.2, -0.15) is 13.2 Å². The van der Waals surface area contributed by atoms with Crippen molar-refractivity contribution < 1.29 is 18.0 Å². The number of rotatable bonds is 5. The van der Waals surface area contributed by atoms with Gasteiger partial charge in [-0.05, 0) is 48.0 Å². The molecular weight excluding hydrogens is 367 g/mol. The number of benzene rings is 3. The lowest BCUT2D eigenvalue weighted by Crippen LogP contribution is -2.13. The first-order valence-electron chi connectivity index (χ1n) is 8.49. The third kappa shape index (κ3) is 4.82. The largest absolute Gasteiger partial charge is 0.416 e. The van der Waals surface area contributed by atoms with E-state index in [0.29, 0.717) is 29.2 Å². The van der Waals surface area contributed by atoms with Crippen LogP contribution in [0.3, 0.4) is 0 Å². The number of nitrogen functional groups attached to an aromatic ring is 1. The monoisotopic (exact) mass is 385 g/mol. The Morgan fingerprint density at radius 1 is 0.929 bits per heavy atom. The molecule has 3 rings (SSSR count). The van der Waals surface area contributed by atoms with Gasteiger partial charge in [0.15, 0.2) is 0 Å². The number of carbonyl (C=O) groups is 1. The predicted molar refractivity (Wildman–Crippen MR) is 104 cm³/mol. The highest BCUT2D eigenvalue weighted by Gasteiger charge is 2.30. The summed E-state index contributed by atoms with van der Waals surface area (Å²) in [6.45, 7) is 0.328. The van der Waals surface area contributed by atoms with Crippen LogP contribution in [0.1, 0.15) is 21.5 Å². The Balaban J connectivity index is 1.62. The molecule has 3 aromatic rings. The molecule has 0 saturated heterocycles. The van der Waals surface area contributed by atoms with Crippen LogP contribution in [0.2, 0.25) is 0 Å². The third-order valence-corrected chi connectivity index (χ3v) is 4.11. The summed E-state index contributed by atoms with van der Waals surface area (Å²) < 4.78 is 38.3. The summed E-state index contributed by atoms with van der Waals surface area (Å²) in [5.74, 6) is -0.296. The molecule has 28 heavy (non-hydrogen) atoms. The molecule has 0 radical (unpaired) electrons. The number of hydrogen-bond acceptors (Lipinski definition) is 3. The third-order valence-electron chi connectivity index (χ3n) is 4.11. The molecule has 0 aliphatic carbocycles. The maximum atomic E-state index is 12.8. The smallest absolute Gasteiger partial charge is 0.397 e. The van der Waals surface area contributed by atoms with Gasteiger partial charge < -0.3 is 16.4 Å². The van der Waals surface area contributed by atoms with Crippen LogP contribution in [0.25, 0.3) is 0 Å². The molecule has 4 N–H and O–H groups in total. The molecule has 1 amide bonds. The second-order valence-corrected chi connectivity index (χ2v) is 6.17. The lowest BCUT2D eigenvalue weighted by Gasteiger charge is -2.11. The van der Waals surface area contributed by atoms with Crippen molar-refractivity contribution in [2.24, 2.45) is 0 Å². The van der Waals surface area contributed by atoms with Gasteiger partial charge >= 0.3 is 6.18 Å². The van der Waals surface area contributed by atoms with Crippen molar-refractivity contribution in [3.8, 4) is 0 Å². The number of nitrogens with one attached hydrogen (secondary N) is 2. The molecule has 144 valence electrons. The van der Waals surface area contributed by atoms with E-state index in [4.69, 9.17) is 5.73 Å². The van der Waals surface area contributed by atoms with Crippen molar-refractivity contribution >= 4 is 23.0 Å². The fraction of sp³-hybridized carbons (Fsp3) is 0.0952. The first-order chi connectivity index (χ1) is 13.3. The average Bonchev–Trinajstić information content (AvgIpc) is 2.68. The van der Waals surface area contributed by atoms with Gasteiger partial charge in [-0.3, -0.25) is 4.79 Å². The molecule has 0 aliphatic heterocycles. The highest BCUT2D eigenvalue weighted by Crippen LogP contribution is 2.30. The van der Waals surface area contributed by atoms with Crippen molar-refractivity contribution in [3.63, 3.8) is 0 Å². The molecule has 3 aromatic carbocycles. The van der Waals surface area contributed by atoms with E-state index in [1.165, 1.54) is 6.07 Å². The number of anilines is 3. The Kier molecular flexibility index (Phi) is 5.54. The van der Waals surface area contributed by atoms with Gasteiger partial charge in [0.25, 0.3) is 5.91 Å². The van der Waals surface area contributed by atoms with Crippen molar-refractivity contribution in [1.29, 1.82) is 0 Å². The molecule has 0 spiro atoms. The van der Waals surface area contributed by atoms with Gasteiger partial charge in [-0.15, -0.1) is 0 Å². The first kappa shape index (κ1) is 19.3. The van der Waals surface area contributed by atoms with Crippen molar-refractivity contribution in [3.05, 3.63) is 89.5 Å². The fourth-order valence-corrected chi connectivity index (χ4v) is 2.59. The van der Waals surface area contributed by atoms with E-state index < -0.39 is 11.7 Å². The maximum Gasteiger partial charge on any atom is 0.416 e. The molecule has 0 bridgehead atoms. The van der Waals surface area contributed by atoms with Crippen LogP contribution in [0.4, 0.5) is 30.2 Å². The number of para-hydroxylation sites is 2. The van der Waals surface area contributed by atoms with Crippen LogP contribution in [-0.4, -0.2) is 5.91 Å². The fourth-order valence-electron chi connectivity index (χ4n) is 2.59. The van der Waals surface area contributed by atoms with Crippen LogP contribution in [0, 0.1) is 0 Å². The molecule has 7 heteroatoms. The molecule has 0 aromatic heterocycles.